The predicted octanol–water partition coefficient (Wildman–Crippen LogP) is 2.64. The Kier molecular flexibility index (Phi) is 3.78. The number of nitrogen functional groups attached to an aromatic ring is 1. The highest BCUT2D eigenvalue weighted by Gasteiger charge is 2.09. The van der Waals surface area contributed by atoms with Gasteiger partial charge in [-0.1, -0.05) is 6.07 Å². The highest BCUT2D eigenvalue weighted by Crippen LogP contribution is 2.27. The molecule has 0 spiro atoms. The number of aromatic nitrogens is 4. The zero-order chi connectivity index (χ0) is 15.4. The Morgan fingerprint density at radius 3 is 2.41 bits per heavy atom. The molecular weight excluding hydrogens is 278 g/mol. The molecule has 3 rings (SSSR count). The molecule has 0 fully saturated rings. The van der Waals surface area contributed by atoms with Crippen LogP contribution in [0.1, 0.15) is 5.69 Å². The fourth-order valence-electron chi connectivity index (χ4n) is 1.90. The third-order valence-electron chi connectivity index (χ3n) is 2.96. The van der Waals surface area contributed by atoms with Crippen molar-refractivity contribution < 1.29 is 0 Å². The minimum absolute atomic E-state index is 0.419. The van der Waals surface area contributed by atoms with Crippen molar-refractivity contribution in [2.45, 2.75) is 6.92 Å². The lowest BCUT2D eigenvalue weighted by molar-refractivity contribution is 1.15. The molecule has 4 N–H and O–H groups in total. The summed E-state index contributed by atoms with van der Waals surface area (Å²) >= 11 is 0. The second-order valence-electron chi connectivity index (χ2n) is 4.63. The van der Waals surface area contributed by atoms with E-state index in [-0.39, 0.29) is 0 Å². The van der Waals surface area contributed by atoms with Crippen molar-refractivity contribution in [2.75, 3.05) is 16.4 Å². The van der Waals surface area contributed by atoms with Crippen LogP contribution in [0.3, 0.4) is 0 Å². The molecule has 0 saturated carbocycles. The Morgan fingerprint density at radius 1 is 0.955 bits per heavy atom. The van der Waals surface area contributed by atoms with E-state index in [2.05, 4.69) is 30.6 Å². The molecule has 3 heterocycles. The minimum Gasteiger partial charge on any atom is -0.393 e. The van der Waals surface area contributed by atoms with Crippen molar-refractivity contribution in [2.24, 2.45) is 0 Å². The molecule has 7 heteroatoms. The molecule has 110 valence electrons. The maximum Gasteiger partial charge on any atom is 0.160 e. The molecule has 0 radical (unpaired) electrons. The van der Waals surface area contributed by atoms with E-state index < -0.39 is 0 Å². The number of rotatable bonds is 4. The van der Waals surface area contributed by atoms with Crippen LogP contribution in [0.15, 0.2) is 49.1 Å². The zero-order valence-corrected chi connectivity index (χ0v) is 12.0. The van der Waals surface area contributed by atoms with Gasteiger partial charge >= 0.3 is 0 Å². The van der Waals surface area contributed by atoms with Gasteiger partial charge in [-0.3, -0.25) is 4.98 Å². The third kappa shape index (κ3) is 3.09. The summed E-state index contributed by atoms with van der Waals surface area (Å²) in [6.07, 6.45) is 4.82. The van der Waals surface area contributed by atoms with Crippen LogP contribution in [0.2, 0.25) is 0 Å². The van der Waals surface area contributed by atoms with E-state index >= 15 is 0 Å². The number of aryl methyl sites for hydroxylation is 1. The summed E-state index contributed by atoms with van der Waals surface area (Å²) in [5.74, 6) is 1.71. The molecule has 3 aromatic heterocycles. The van der Waals surface area contributed by atoms with E-state index in [4.69, 9.17) is 5.73 Å². The lowest BCUT2D eigenvalue weighted by atomic mass is 10.3. The van der Waals surface area contributed by atoms with Crippen LogP contribution in [0, 0.1) is 6.92 Å². The average molecular weight is 293 g/mol. The van der Waals surface area contributed by atoms with Gasteiger partial charge in [-0.25, -0.2) is 15.0 Å². The van der Waals surface area contributed by atoms with Crippen molar-refractivity contribution in [1.29, 1.82) is 0 Å². The van der Waals surface area contributed by atoms with Crippen LogP contribution in [0.25, 0.3) is 0 Å². The van der Waals surface area contributed by atoms with E-state index in [0.717, 1.165) is 11.4 Å². The number of anilines is 5. The predicted molar refractivity (Wildman–Crippen MR) is 86.2 cm³/mol. The molecule has 7 nitrogen and oxygen atoms in total. The third-order valence-corrected chi connectivity index (χ3v) is 2.96. The highest BCUT2D eigenvalue weighted by atomic mass is 15.1. The van der Waals surface area contributed by atoms with Gasteiger partial charge in [-0.2, -0.15) is 0 Å². The Hall–Kier alpha value is -3.22. The van der Waals surface area contributed by atoms with Crippen molar-refractivity contribution in [1.82, 2.24) is 19.9 Å². The second kappa shape index (κ2) is 6.04. The number of nitrogens with zero attached hydrogens (tertiary/aromatic N) is 4. The fraction of sp³-hybridized carbons (Fsp3) is 0.0667. The van der Waals surface area contributed by atoms with E-state index in [1.807, 2.05) is 37.3 Å². The van der Waals surface area contributed by atoms with Crippen molar-refractivity contribution in [3.8, 4) is 0 Å². The van der Waals surface area contributed by atoms with Gasteiger partial charge in [0.25, 0.3) is 0 Å². The van der Waals surface area contributed by atoms with E-state index in [0.29, 0.717) is 23.1 Å². The fourth-order valence-corrected chi connectivity index (χ4v) is 1.90. The highest BCUT2D eigenvalue weighted by molar-refractivity contribution is 5.79. The summed E-state index contributed by atoms with van der Waals surface area (Å²) in [4.78, 5) is 16.7. The van der Waals surface area contributed by atoms with E-state index in [9.17, 15) is 0 Å². The Morgan fingerprint density at radius 2 is 1.68 bits per heavy atom. The SMILES string of the molecule is Cc1cccc(Nc2ncnc(Nc3ccncc3)c2N)n1. The maximum atomic E-state index is 6.12. The smallest absolute Gasteiger partial charge is 0.160 e. The van der Waals surface area contributed by atoms with Crippen LogP contribution in [-0.4, -0.2) is 19.9 Å². The van der Waals surface area contributed by atoms with Gasteiger partial charge < -0.3 is 16.4 Å². The molecular formula is C15H15N7. The Labute approximate surface area is 127 Å². The second-order valence-corrected chi connectivity index (χ2v) is 4.63. The topological polar surface area (TPSA) is 102 Å². The molecule has 0 aliphatic rings. The first-order valence-electron chi connectivity index (χ1n) is 6.70. The van der Waals surface area contributed by atoms with Gasteiger partial charge in [0.1, 0.15) is 17.8 Å². The number of pyridine rings is 2. The standard InChI is InChI=1S/C15H15N7/c1-10-3-2-4-12(20-10)22-15-13(16)14(18-9-19-15)21-11-5-7-17-8-6-11/h2-9H,16H2,1H3,(H2,17,18,19,20,21,22). The molecule has 0 aromatic carbocycles. The molecule has 0 saturated heterocycles. The lowest BCUT2D eigenvalue weighted by Crippen LogP contribution is -2.06. The lowest BCUT2D eigenvalue weighted by Gasteiger charge is -2.12. The van der Waals surface area contributed by atoms with Crippen molar-refractivity contribution >= 4 is 28.8 Å². The molecule has 22 heavy (non-hydrogen) atoms. The average Bonchev–Trinajstić information content (AvgIpc) is 2.52. The largest absolute Gasteiger partial charge is 0.393 e. The van der Waals surface area contributed by atoms with Crippen LogP contribution in [0.4, 0.5) is 28.8 Å². The first kappa shape index (κ1) is 13.7. The number of hydrogen-bond acceptors (Lipinski definition) is 7. The van der Waals surface area contributed by atoms with Gasteiger partial charge in [-0.05, 0) is 31.2 Å². The van der Waals surface area contributed by atoms with Gasteiger partial charge in [0.2, 0.25) is 0 Å². The van der Waals surface area contributed by atoms with Crippen molar-refractivity contribution in [3.05, 3.63) is 54.7 Å². The number of hydrogen-bond donors (Lipinski definition) is 3. The zero-order valence-electron chi connectivity index (χ0n) is 12.0. The minimum atomic E-state index is 0.419. The quantitative estimate of drug-likeness (QED) is 0.679. The molecule has 0 atom stereocenters. The Bertz CT molecular complexity index is 774. The van der Waals surface area contributed by atoms with Crippen LogP contribution < -0.4 is 16.4 Å². The van der Waals surface area contributed by atoms with Crippen LogP contribution in [-0.2, 0) is 0 Å². The number of nitrogens with one attached hydrogen (secondary N) is 2. The van der Waals surface area contributed by atoms with Crippen LogP contribution in [0.5, 0.6) is 0 Å². The number of nitrogens with two attached hydrogens (primary N) is 1. The maximum absolute atomic E-state index is 6.12. The molecule has 0 unspecified atom stereocenters. The summed E-state index contributed by atoms with van der Waals surface area (Å²) in [6, 6.07) is 9.35. The summed E-state index contributed by atoms with van der Waals surface area (Å²) in [6.45, 7) is 1.92. The van der Waals surface area contributed by atoms with E-state index in [1.165, 1.54) is 6.33 Å². The molecule has 0 aliphatic carbocycles. The first-order chi connectivity index (χ1) is 10.7. The molecule has 0 amide bonds. The van der Waals surface area contributed by atoms with Gasteiger partial charge in [-0.15, -0.1) is 0 Å². The van der Waals surface area contributed by atoms with E-state index in [1.54, 1.807) is 12.4 Å². The summed E-state index contributed by atoms with van der Waals surface area (Å²) in [5.41, 5.74) is 8.30. The molecule has 3 aromatic rings. The summed E-state index contributed by atoms with van der Waals surface area (Å²) in [7, 11) is 0. The van der Waals surface area contributed by atoms with Crippen molar-refractivity contribution in [3.63, 3.8) is 0 Å². The Balaban J connectivity index is 1.86. The molecule has 0 aliphatic heterocycles. The normalized spacial score (nSPS) is 10.2. The van der Waals surface area contributed by atoms with Crippen LogP contribution >= 0.6 is 0 Å². The monoisotopic (exact) mass is 293 g/mol. The first-order valence-corrected chi connectivity index (χ1v) is 6.70. The van der Waals surface area contributed by atoms with Gasteiger partial charge in [0.05, 0.1) is 0 Å². The summed E-state index contributed by atoms with van der Waals surface area (Å²) in [5, 5.41) is 6.23. The summed E-state index contributed by atoms with van der Waals surface area (Å²) < 4.78 is 0. The molecule has 0 bridgehead atoms. The van der Waals surface area contributed by atoms with Gasteiger partial charge in [0, 0.05) is 23.8 Å². The van der Waals surface area contributed by atoms with Gasteiger partial charge in [0.15, 0.2) is 11.6 Å².